The Balaban J connectivity index is 4.79. The van der Waals surface area contributed by atoms with Crippen molar-refractivity contribution in [2.75, 3.05) is 24.7 Å². The molecule has 0 radical (unpaired) electrons. The van der Waals surface area contributed by atoms with Gasteiger partial charge in [0.2, 0.25) is 0 Å². The number of carbonyl (C=O) groups excluding carboxylic acids is 1. The van der Waals surface area contributed by atoms with Crippen molar-refractivity contribution in [3.8, 4) is 0 Å². The Morgan fingerprint density at radius 2 is 1.88 bits per heavy atom. The first-order valence-electron chi connectivity index (χ1n) is 5.95. The van der Waals surface area contributed by atoms with Gasteiger partial charge in [-0.2, -0.15) is 0 Å². The molecule has 102 valence electrons. The summed E-state index contributed by atoms with van der Waals surface area (Å²) in [6, 6.07) is 0. The van der Waals surface area contributed by atoms with Gasteiger partial charge in [0.25, 0.3) is 0 Å². The highest BCUT2D eigenvalue weighted by molar-refractivity contribution is 7.91. The Hall–Kier alpha value is -0.620. The van der Waals surface area contributed by atoms with Crippen LogP contribution in [0.3, 0.4) is 0 Å². The number of ether oxygens (including phenoxy) is 1. The van der Waals surface area contributed by atoms with Gasteiger partial charge in [0.05, 0.1) is 17.8 Å². The lowest BCUT2D eigenvalue weighted by Crippen LogP contribution is -2.41. The molecule has 0 saturated heterocycles. The molecule has 5 nitrogen and oxygen atoms in total. The lowest BCUT2D eigenvalue weighted by molar-refractivity contribution is -0.155. The van der Waals surface area contributed by atoms with E-state index in [0.29, 0.717) is 6.42 Å². The van der Waals surface area contributed by atoms with Crippen molar-refractivity contribution < 1.29 is 17.9 Å². The van der Waals surface area contributed by atoms with Crippen molar-refractivity contribution in [1.82, 2.24) is 0 Å². The topological polar surface area (TPSA) is 86.5 Å². The van der Waals surface area contributed by atoms with E-state index in [-0.39, 0.29) is 31.1 Å². The molecule has 1 unspecified atom stereocenters. The zero-order valence-electron chi connectivity index (χ0n) is 10.9. The first kappa shape index (κ1) is 16.4. The number of sulfone groups is 1. The number of hydrogen-bond donors (Lipinski definition) is 1. The smallest absolute Gasteiger partial charge is 0.313 e. The van der Waals surface area contributed by atoms with E-state index < -0.39 is 21.2 Å². The molecule has 0 saturated carbocycles. The Kier molecular flexibility index (Phi) is 6.70. The van der Waals surface area contributed by atoms with Crippen molar-refractivity contribution >= 4 is 15.8 Å². The second kappa shape index (κ2) is 6.96. The molecule has 0 rings (SSSR count). The zero-order chi connectivity index (χ0) is 13.5. The summed E-state index contributed by atoms with van der Waals surface area (Å²) in [5.41, 5.74) is 4.76. The molecular weight excluding hydrogens is 242 g/mol. The second-order valence-electron chi connectivity index (χ2n) is 4.04. The van der Waals surface area contributed by atoms with Crippen LogP contribution in [-0.2, 0) is 19.4 Å². The van der Waals surface area contributed by atoms with Crippen molar-refractivity contribution in [1.29, 1.82) is 0 Å². The van der Waals surface area contributed by atoms with E-state index in [9.17, 15) is 13.2 Å². The Bertz CT molecular complexity index is 333. The molecule has 1 atom stereocenters. The Labute approximate surface area is 104 Å². The van der Waals surface area contributed by atoms with Crippen LogP contribution in [0.25, 0.3) is 0 Å². The van der Waals surface area contributed by atoms with Gasteiger partial charge in [-0.25, -0.2) is 8.42 Å². The van der Waals surface area contributed by atoms with Crippen molar-refractivity contribution in [2.24, 2.45) is 11.1 Å². The van der Waals surface area contributed by atoms with Crippen molar-refractivity contribution in [3.05, 3.63) is 0 Å². The third-order valence-corrected chi connectivity index (χ3v) is 4.81. The fourth-order valence-electron chi connectivity index (χ4n) is 1.53. The average molecular weight is 265 g/mol. The molecule has 0 aromatic heterocycles. The minimum absolute atomic E-state index is 0.0205. The second-order valence-corrected chi connectivity index (χ2v) is 6.52. The highest BCUT2D eigenvalue weighted by atomic mass is 32.2. The van der Waals surface area contributed by atoms with Crippen LogP contribution in [0.5, 0.6) is 0 Å². The maximum absolute atomic E-state index is 11.8. The molecule has 17 heavy (non-hydrogen) atoms. The third kappa shape index (κ3) is 4.63. The summed E-state index contributed by atoms with van der Waals surface area (Å²) in [4.78, 5) is 11.8. The minimum atomic E-state index is -3.08. The Morgan fingerprint density at radius 1 is 1.29 bits per heavy atom. The number of nitrogens with two attached hydrogens (primary N) is 1. The van der Waals surface area contributed by atoms with Crippen LogP contribution in [-0.4, -0.2) is 39.0 Å². The van der Waals surface area contributed by atoms with Crippen LogP contribution in [0.15, 0.2) is 0 Å². The predicted molar refractivity (Wildman–Crippen MR) is 67.4 cm³/mol. The quantitative estimate of drug-likeness (QED) is 0.654. The molecule has 0 fully saturated rings. The maximum Gasteiger partial charge on any atom is 0.313 e. The molecule has 0 aliphatic heterocycles. The summed E-state index contributed by atoms with van der Waals surface area (Å²) in [6.07, 6.45) is 0.719. The maximum atomic E-state index is 11.8. The van der Waals surface area contributed by atoms with Gasteiger partial charge in [-0.05, 0) is 19.8 Å². The van der Waals surface area contributed by atoms with Gasteiger partial charge in [0, 0.05) is 12.3 Å². The molecule has 0 aliphatic carbocycles. The molecule has 0 heterocycles. The first-order chi connectivity index (χ1) is 7.87. The molecule has 0 aromatic carbocycles. The van der Waals surface area contributed by atoms with Crippen LogP contribution in [0.2, 0.25) is 0 Å². The highest BCUT2D eigenvalue weighted by Crippen LogP contribution is 2.27. The van der Waals surface area contributed by atoms with Crippen LogP contribution < -0.4 is 5.73 Å². The summed E-state index contributed by atoms with van der Waals surface area (Å²) >= 11 is 0. The van der Waals surface area contributed by atoms with Gasteiger partial charge >= 0.3 is 5.97 Å². The largest absolute Gasteiger partial charge is 0.466 e. The monoisotopic (exact) mass is 265 g/mol. The Morgan fingerprint density at radius 3 is 2.24 bits per heavy atom. The third-order valence-electron chi connectivity index (χ3n) is 3.11. The lowest BCUT2D eigenvalue weighted by Gasteiger charge is -2.28. The van der Waals surface area contributed by atoms with Gasteiger partial charge < -0.3 is 10.5 Å². The summed E-state index contributed by atoms with van der Waals surface area (Å²) in [5.74, 6) is -0.329. The van der Waals surface area contributed by atoms with E-state index in [1.807, 2.05) is 6.92 Å². The van der Waals surface area contributed by atoms with E-state index >= 15 is 0 Å². The SMILES string of the molecule is CCOC(=O)C(CC)(CN)CCS(=O)(=O)CC. The fourth-order valence-corrected chi connectivity index (χ4v) is 2.52. The van der Waals surface area contributed by atoms with Gasteiger partial charge in [0.15, 0.2) is 0 Å². The van der Waals surface area contributed by atoms with Gasteiger partial charge in [-0.3, -0.25) is 4.79 Å². The summed E-state index contributed by atoms with van der Waals surface area (Å²) in [5, 5.41) is 0. The zero-order valence-corrected chi connectivity index (χ0v) is 11.7. The average Bonchev–Trinajstić information content (AvgIpc) is 2.31. The van der Waals surface area contributed by atoms with Crippen LogP contribution >= 0.6 is 0 Å². The number of rotatable bonds is 8. The van der Waals surface area contributed by atoms with Crippen molar-refractivity contribution in [3.63, 3.8) is 0 Å². The predicted octanol–water partition coefficient (Wildman–Crippen LogP) is 0.729. The van der Waals surface area contributed by atoms with E-state index in [0.717, 1.165) is 0 Å². The van der Waals surface area contributed by atoms with E-state index in [1.165, 1.54) is 0 Å². The van der Waals surface area contributed by atoms with Gasteiger partial charge in [0.1, 0.15) is 9.84 Å². The summed E-state index contributed by atoms with van der Waals surface area (Å²) in [7, 11) is -3.08. The van der Waals surface area contributed by atoms with Gasteiger partial charge in [-0.1, -0.05) is 13.8 Å². The van der Waals surface area contributed by atoms with Crippen LogP contribution in [0, 0.1) is 5.41 Å². The van der Waals surface area contributed by atoms with E-state index in [1.54, 1.807) is 13.8 Å². The molecule has 0 amide bonds. The molecular formula is C11H23NO4S. The molecule has 0 spiro atoms. The normalized spacial score (nSPS) is 15.3. The lowest BCUT2D eigenvalue weighted by atomic mass is 9.82. The van der Waals surface area contributed by atoms with Crippen LogP contribution in [0.1, 0.15) is 33.6 Å². The fraction of sp³-hybridized carbons (Fsp3) is 0.909. The molecule has 0 aromatic rings. The van der Waals surface area contributed by atoms with Gasteiger partial charge in [-0.15, -0.1) is 0 Å². The molecule has 0 aliphatic rings. The summed E-state index contributed by atoms with van der Waals surface area (Å²) < 4.78 is 27.9. The molecule has 6 heteroatoms. The number of esters is 1. The van der Waals surface area contributed by atoms with E-state index in [4.69, 9.17) is 10.5 Å². The first-order valence-corrected chi connectivity index (χ1v) is 7.77. The summed E-state index contributed by atoms with van der Waals surface area (Å²) in [6.45, 7) is 5.53. The van der Waals surface area contributed by atoms with E-state index in [2.05, 4.69) is 0 Å². The standard InChI is InChI=1S/C11H23NO4S/c1-4-11(9-12,10(13)16-5-2)7-8-17(14,15)6-3/h4-9,12H2,1-3H3. The number of hydrogen-bond acceptors (Lipinski definition) is 5. The molecule has 0 bridgehead atoms. The van der Waals surface area contributed by atoms with Crippen molar-refractivity contribution in [2.45, 2.75) is 33.6 Å². The van der Waals surface area contributed by atoms with Crippen LogP contribution in [0.4, 0.5) is 0 Å². The number of carbonyl (C=O) groups is 1. The minimum Gasteiger partial charge on any atom is -0.466 e. The highest BCUT2D eigenvalue weighted by Gasteiger charge is 2.37. The molecule has 2 N–H and O–H groups in total.